The molecular weight excluding hydrogens is 415 g/mol. The first-order valence-electron chi connectivity index (χ1n) is 10.2. The van der Waals surface area contributed by atoms with E-state index in [9.17, 15) is 19.3 Å². The second-order valence-electron chi connectivity index (χ2n) is 8.39. The third kappa shape index (κ3) is 4.65. The Morgan fingerprint density at radius 2 is 1.87 bits per heavy atom. The number of hydrogen-bond acceptors (Lipinski definition) is 9. The molecule has 0 aromatic carbocycles. The fourth-order valence-electron chi connectivity index (χ4n) is 5.43. The maximum absolute atomic E-state index is 12.2. The average Bonchev–Trinajstić information content (AvgIpc) is 3.39. The highest BCUT2D eigenvalue weighted by Crippen LogP contribution is 2.60. The number of aliphatic hydroxyl groups excluding tert-OH is 1. The minimum absolute atomic E-state index is 0.0141. The number of esters is 2. The van der Waals surface area contributed by atoms with Crippen molar-refractivity contribution in [2.75, 3.05) is 27.2 Å². The quantitative estimate of drug-likeness (QED) is 0.233. The largest absolute Gasteiger partial charge is 0.456 e. The summed E-state index contributed by atoms with van der Waals surface area (Å²) in [6.45, 7) is 4.78. The highest BCUT2D eigenvalue weighted by atomic mass is 31.2. The van der Waals surface area contributed by atoms with Crippen LogP contribution in [0, 0.1) is 29.6 Å². The molecule has 8 atom stereocenters. The van der Waals surface area contributed by atoms with Gasteiger partial charge in [-0.05, 0) is 42.9 Å². The maximum atomic E-state index is 12.2. The topological polar surface area (TPSA) is 118 Å². The second kappa shape index (κ2) is 9.49. The van der Waals surface area contributed by atoms with Gasteiger partial charge in [0.15, 0.2) is 6.79 Å². The van der Waals surface area contributed by atoms with Crippen LogP contribution >= 0.6 is 7.60 Å². The van der Waals surface area contributed by atoms with E-state index in [1.807, 2.05) is 0 Å². The third-order valence-electron chi connectivity index (χ3n) is 6.84. The molecule has 8 unspecified atom stereocenters. The molecule has 3 saturated carbocycles. The summed E-state index contributed by atoms with van der Waals surface area (Å²) in [7, 11) is -0.758. The Balaban J connectivity index is 1.47. The standard InChI is InChI=1S/C20H31O9P/c1-5-17(21)29-16-8-13-12-6-14(18(13)19(16)22)15(7-12)27-10-28-20(23)11(2)9-30(24,25-3)26-4/h5,11-16,18-19,22H,1,6-10H2,2-4H3. The van der Waals surface area contributed by atoms with E-state index >= 15 is 0 Å². The van der Waals surface area contributed by atoms with Gasteiger partial charge in [0.1, 0.15) is 6.10 Å². The zero-order valence-electron chi connectivity index (χ0n) is 17.6. The van der Waals surface area contributed by atoms with Crippen molar-refractivity contribution < 1.29 is 42.5 Å². The fraction of sp³-hybridized carbons (Fsp3) is 0.800. The van der Waals surface area contributed by atoms with E-state index in [2.05, 4.69) is 6.58 Å². The minimum atomic E-state index is -3.30. The molecule has 30 heavy (non-hydrogen) atoms. The first-order chi connectivity index (χ1) is 14.2. The molecule has 9 nitrogen and oxygen atoms in total. The normalized spacial score (nSPS) is 35.7. The highest BCUT2D eigenvalue weighted by molar-refractivity contribution is 7.53. The van der Waals surface area contributed by atoms with Crippen LogP contribution in [0.15, 0.2) is 12.7 Å². The van der Waals surface area contributed by atoms with Gasteiger partial charge in [-0.3, -0.25) is 9.36 Å². The molecule has 3 rings (SSSR count). The molecule has 0 spiro atoms. The number of rotatable bonds is 10. The van der Waals surface area contributed by atoms with Crippen molar-refractivity contribution in [1.29, 1.82) is 0 Å². The van der Waals surface area contributed by atoms with E-state index in [1.54, 1.807) is 6.92 Å². The van der Waals surface area contributed by atoms with Crippen molar-refractivity contribution in [1.82, 2.24) is 0 Å². The molecule has 3 fully saturated rings. The summed E-state index contributed by atoms with van der Waals surface area (Å²) < 4.78 is 38.2. The lowest BCUT2D eigenvalue weighted by molar-refractivity contribution is -0.169. The Bertz CT molecular complexity index is 702. The van der Waals surface area contributed by atoms with Gasteiger partial charge in [-0.2, -0.15) is 0 Å². The van der Waals surface area contributed by atoms with Gasteiger partial charge in [-0.15, -0.1) is 0 Å². The van der Waals surface area contributed by atoms with Crippen molar-refractivity contribution in [2.45, 2.75) is 44.5 Å². The Labute approximate surface area is 176 Å². The molecule has 0 saturated heterocycles. The number of ether oxygens (including phenoxy) is 3. The number of carbonyl (C=O) groups excluding carboxylic acids is 2. The molecule has 0 aromatic rings. The van der Waals surface area contributed by atoms with Crippen molar-refractivity contribution in [3.05, 3.63) is 12.7 Å². The maximum Gasteiger partial charge on any atom is 0.331 e. The van der Waals surface area contributed by atoms with Gasteiger partial charge in [0.2, 0.25) is 0 Å². The van der Waals surface area contributed by atoms with E-state index in [-0.39, 0.29) is 30.9 Å². The lowest BCUT2D eigenvalue weighted by atomic mass is 9.79. The Morgan fingerprint density at radius 3 is 2.50 bits per heavy atom. The van der Waals surface area contributed by atoms with Gasteiger partial charge in [-0.1, -0.05) is 13.5 Å². The van der Waals surface area contributed by atoms with Gasteiger partial charge in [0.05, 0.1) is 24.3 Å². The number of fused-ring (bicyclic) bond motifs is 5. The monoisotopic (exact) mass is 446 g/mol. The summed E-state index contributed by atoms with van der Waals surface area (Å²) in [5.74, 6) is -0.862. The van der Waals surface area contributed by atoms with Crippen LogP contribution in [-0.4, -0.2) is 62.5 Å². The molecule has 3 aliphatic rings. The van der Waals surface area contributed by atoms with Crippen LogP contribution in [0.25, 0.3) is 0 Å². The third-order valence-corrected chi connectivity index (χ3v) is 8.94. The molecule has 10 heteroatoms. The van der Waals surface area contributed by atoms with Gasteiger partial charge >= 0.3 is 19.5 Å². The molecule has 0 amide bonds. The molecule has 2 bridgehead atoms. The molecule has 1 N–H and O–H groups in total. The lowest BCUT2D eigenvalue weighted by Crippen LogP contribution is -2.38. The predicted molar refractivity (Wildman–Crippen MR) is 105 cm³/mol. The Kier molecular flexibility index (Phi) is 7.40. The fourth-order valence-corrected chi connectivity index (χ4v) is 6.70. The highest BCUT2D eigenvalue weighted by Gasteiger charge is 2.61. The van der Waals surface area contributed by atoms with Gasteiger partial charge in [0.25, 0.3) is 0 Å². The van der Waals surface area contributed by atoms with E-state index in [4.69, 9.17) is 23.3 Å². The van der Waals surface area contributed by atoms with Crippen molar-refractivity contribution >= 4 is 19.5 Å². The van der Waals surface area contributed by atoms with Crippen LogP contribution in [0.3, 0.4) is 0 Å². The Morgan fingerprint density at radius 1 is 1.17 bits per heavy atom. The molecule has 0 radical (unpaired) electrons. The summed E-state index contributed by atoms with van der Waals surface area (Å²) in [6, 6.07) is 0. The molecule has 170 valence electrons. The minimum Gasteiger partial charge on any atom is -0.456 e. The Hall–Kier alpha value is -1.25. The van der Waals surface area contributed by atoms with Crippen molar-refractivity contribution in [3.63, 3.8) is 0 Å². The van der Waals surface area contributed by atoms with Crippen LogP contribution < -0.4 is 0 Å². The van der Waals surface area contributed by atoms with Crippen LogP contribution in [0.2, 0.25) is 0 Å². The van der Waals surface area contributed by atoms with E-state index in [0.717, 1.165) is 18.9 Å². The summed E-state index contributed by atoms with van der Waals surface area (Å²) in [5, 5.41) is 10.7. The van der Waals surface area contributed by atoms with Crippen LogP contribution in [0.1, 0.15) is 26.2 Å². The molecular formula is C20H31O9P. The predicted octanol–water partition coefficient (Wildman–Crippen LogP) is 2.13. The summed E-state index contributed by atoms with van der Waals surface area (Å²) in [6.07, 6.45) is 2.12. The van der Waals surface area contributed by atoms with Crippen LogP contribution in [-0.2, 0) is 37.4 Å². The summed E-state index contributed by atoms with van der Waals surface area (Å²) in [5.41, 5.74) is 0. The van der Waals surface area contributed by atoms with E-state index < -0.39 is 37.7 Å². The molecule has 0 heterocycles. The molecule has 0 aliphatic heterocycles. The lowest BCUT2D eigenvalue weighted by Gasteiger charge is -2.32. The van der Waals surface area contributed by atoms with Gasteiger partial charge in [0, 0.05) is 20.3 Å². The number of aliphatic hydroxyl groups is 1. The average molecular weight is 446 g/mol. The molecule has 3 aliphatic carbocycles. The zero-order valence-corrected chi connectivity index (χ0v) is 18.5. The van der Waals surface area contributed by atoms with E-state index in [0.29, 0.717) is 18.3 Å². The smallest absolute Gasteiger partial charge is 0.331 e. The van der Waals surface area contributed by atoms with E-state index in [1.165, 1.54) is 14.2 Å². The van der Waals surface area contributed by atoms with Crippen molar-refractivity contribution in [3.8, 4) is 0 Å². The summed E-state index contributed by atoms with van der Waals surface area (Å²) >= 11 is 0. The zero-order chi connectivity index (χ0) is 22.1. The summed E-state index contributed by atoms with van der Waals surface area (Å²) in [4.78, 5) is 23.7. The number of carbonyl (C=O) groups is 2. The first kappa shape index (κ1) is 23.4. The van der Waals surface area contributed by atoms with Crippen LogP contribution in [0.5, 0.6) is 0 Å². The van der Waals surface area contributed by atoms with Gasteiger partial charge < -0.3 is 28.4 Å². The van der Waals surface area contributed by atoms with Crippen molar-refractivity contribution in [2.24, 2.45) is 29.6 Å². The molecule has 0 aromatic heterocycles. The first-order valence-corrected chi connectivity index (χ1v) is 12.0. The SMILES string of the molecule is C=CC(=O)OC1CC2C3CC(OCOC(=O)C(C)CP(=O)(OC)OC)C(C3)C2C1O. The number of hydrogen-bond donors (Lipinski definition) is 1. The van der Waals surface area contributed by atoms with Crippen LogP contribution in [0.4, 0.5) is 0 Å². The second-order valence-corrected chi connectivity index (χ2v) is 10.7. The van der Waals surface area contributed by atoms with Gasteiger partial charge in [-0.25, -0.2) is 4.79 Å².